The summed E-state index contributed by atoms with van der Waals surface area (Å²) in [6.45, 7) is 16.0. The van der Waals surface area contributed by atoms with Gasteiger partial charge in [-0.3, -0.25) is 0 Å². The summed E-state index contributed by atoms with van der Waals surface area (Å²) in [6.07, 6.45) is 3.51. The number of aryl methyl sites for hydroxylation is 2. The van der Waals surface area contributed by atoms with Gasteiger partial charge in [-0.05, 0) is 87.8 Å². The van der Waals surface area contributed by atoms with Crippen molar-refractivity contribution in [2.75, 3.05) is 0 Å². The summed E-state index contributed by atoms with van der Waals surface area (Å²) in [5.74, 6) is 0.619. The van der Waals surface area contributed by atoms with Crippen LogP contribution in [0, 0.1) is 41.5 Å². The van der Waals surface area contributed by atoms with E-state index in [2.05, 4.69) is 32.6 Å². The van der Waals surface area contributed by atoms with Gasteiger partial charge in [0, 0.05) is 17.0 Å². The van der Waals surface area contributed by atoms with Gasteiger partial charge in [-0.25, -0.2) is 0 Å². The van der Waals surface area contributed by atoms with Crippen LogP contribution < -0.4 is 0 Å². The monoisotopic (exact) mass is 338 g/mol. The summed E-state index contributed by atoms with van der Waals surface area (Å²) in [7, 11) is 0. The Kier molecular flexibility index (Phi) is 5.62. The Morgan fingerprint density at radius 1 is 0.800 bits per heavy atom. The highest BCUT2D eigenvalue weighted by Gasteiger charge is 2.24. The SMILES string of the molecule is C=CCCC(c1cc(C)c(C)c(C)c1O)c1cc(C)c(C)c(C)c1O. The first-order valence-corrected chi connectivity index (χ1v) is 8.90. The van der Waals surface area contributed by atoms with Gasteiger partial charge in [0.1, 0.15) is 11.5 Å². The molecule has 2 aromatic rings. The van der Waals surface area contributed by atoms with Crippen molar-refractivity contribution in [2.24, 2.45) is 0 Å². The molecule has 2 rings (SSSR count). The third kappa shape index (κ3) is 3.44. The Morgan fingerprint density at radius 3 is 1.56 bits per heavy atom. The Balaban J connectivity index is 2.73. The Hall–Kier alpha value is -2.22. The Bertz CT molecular complexity index is 752. The van der Waals surface area contributed by atoms with Crippen LogP contribution in [0.15, 0.2) is 24.8 Å². The van der Waals surface area contributed by atoms with E-state index in [1.807, 2.05) is 33.8 Å². The molecule has 0 atom stereocenters. The van der Waals surface area contributed by atoms with Gasteiger partial charge >= 0.3 is 0 Å². The van der Waals surface area contributed by atoms with Gasteiger partial charge in [-0.1, -0.05) is 18.2 Å². The van der Waals surface area contributed by atoms with Crippen molar-refractivity contribution in [3.8, 4) is 11.5 Å². The van der Waals surface area contributed by atoms with E-state index in [4.69, 9.17) is 0 Å². The highest BCUT2D eigenvalue weighted by molar-refractivity contribution is 5.57. The van der Waals surface area contributed by atoms with Crippen LogP contribution in [0.4, 0.5) is 0 Å². The number of phenols is 2. The first kappa shape index (κ1) is 19.1. The van der Waals surface area contributed by atoms with Gasteiger partial charge < -0.3 is 10.2 Å². The van der Waals surface area contributed by atoms with E-state index in [1.165, 1.54) is 0 Å². The highest BCUT2D eigenvalue weighted by Crippen LogP contribution is 2.43. The predicted octanol–water partition coefficient (Wildman–Crippen LogP) is 6.05. The molecule has 0 bridgehead atoms. The van der Waals surface area contributed by atoms with Crippen molar-refractivity contribution >= 4 is 0 Å². The van der Waals surface area contributed by atoms with Crippen LogP contribution in [0.3, 0.4) is 0 Å². The topological polar surface area (TPSA) is 40.5 Å². The van der Waals surface area contributed by atoms with Crippen LogP contribution in [0.25, 0.3) is 0 Å². The molecule has 0 aliphatic carbocycles. The van der Waals surface area contributed by atoms with Crippen molar-refractivity contribution in [1.29, 1.82) is 0 Å². The van der Waals surface area contributed by atoms with E-state index in [0.717, 1.165) is 57.3 Å². The van der Waals surface area contributed by atoms with Crippen LogP contribution in [0.2, 0.25) is 0 Å². The minimum atomic E-state index is -0.0611. The first-order chi connectivity index (χ1) is 11.7. The summed E-state index contributed by atoms with van der Waals surface area (Å²) < 4.78 is 0. The molecule has 0 radical (unpaired) electrons. The molecule has 0 aliphatic rings. The van der Waals surface area contributed by atoms with E-state index in [0.29, 0.717) is 11.5 Å². The number of hydrogen-bond acceptors (Lipinski definition) is 2. The quantitative estimate of drug-likeness (QED) is 0.652. The molecular weight excluding hydrogens is 308 g/mol. The van der Waals surface area contributed by atoms with Gasteiger partial charge in [0.2, 0.25) is 0 Å². The molecule has 0 unspecified atom stereocenters. The maximum atomic E-state index is 10.8. The van der Waals surface area contributed by atoms with Gasteiger partial charge in [-0.15, -0.1) is 6.58 Å². The average Bonchev–Trinajstić information content (AvgIpc) is 2.59. The minimum Gasteiger partial charge on any atom is -0.507 e. The normalized spacial score (nSPS) is 11.2. The van der Waals surface area contributed by atoms with Crippen LogP contribution in [0.5, 0.6) is 11.5 Å². The molecule has 0 aliphatic heterocycles. The molecule has 2 heteroatoms. The summed E-state index contributed by atoms with van der Waals surface area (Å²) in [5.41, 5.74) is 8.16. The van der Waals surface area contributed by atoms with E-state index >= 15 is 0 Å². The standard InChI is InChI=1S/C23H30O2/c1-8-9-10-19(20-11-13(2)15(4)17(6)22(20)24)21-12-14(3)16(5)18(7)23(21)25/h8,11-12,19,24-25H,1,9-10H2,2-7H3. The van der Waals surface area contributed by atoms with Crippen molar-refractivity contribution in [1.82, 2.24) is 0 Å². The van der Waals surface area contributed by atoms with E-state index in [-0.39, 0.29) is 5.92 Å². The molecule has 25 heavy (non-hydrogen) atoms. The van der Waals surface area contributed by atoms with Crippen LogP contribution >= 0.6 is 0 Å². The maximum absolute atomic E-state index is 10.8. The number of rotatable bonds is 5. The Labute approximate surface area is 151 Å². The number of hydrogen-bond donors (Lipinski definition) is 2. The minimum absolute atomic E-state index is 0.0611. The van der Waals surface area contributed by atoms with Crippen LogP contribution in [-0.2, 0) is 0 Å². The molecule has 0 saturated carbocycles. The Morgan fingerprint density at radius 2 is 1.20 bits per heavy atom. The second kappa shape index (κ2) is 7.35. The van der Waals surface area contributed by atoms with Crippen molar-refractivity contribution < 1.29 is 10.2 Å². The van der Waals surface area contributed by atoms with E-state index in [9.17, 15) is 10.2 Å². The summed E-state index contributed by atoms with van der Waals surface area (Å²) in [4.78, 5) is 0. The van der Waals surface area contributed by atoms with Crippen molar-refractivity contribution in [3.63, 3.8) is 0 Å². The van der Waals surface area contributed by atoms with Gasteiger partial charge in [-0.2, -0.15) is 0 Å². The fourth-order valence-corrected chi connectivity index (χ4v) is 3.49. The molecule has 2 N–H and O–H groups in total. The average molecular weight is 338 g/mol. The van der Waals surface area contributed by atoms with E-state index < -0.39 is 0 Å². The molecule has 0 spiro atoms. The second-order valence-electron chi connectivity index (χ2n) is 7.18. The van der Waals surface area contributed by atoms with Crippen molar-refractivity contribution in [3.05, 3.63) is 69.3 Å². The lowest BCUT2D eigenvalue weighted by Gasteiger charge is -2.24. The molecule has 2 nitrogen and oxygen atoms in total. The first-order valence-electron chi connectivity index (χ1n) is 8.90. The molecule has 0 amide bonds. The number of allylic oxidation sites excluding steroid dienone is 1. The molecule has 0 aromatic heterocycles. The zero-order valence-corrected chi connectivity index (χ0v) is 16.3. The number of benzene rings is 2. The van der Waals surface area contributed by atoms with Crippen LogP contribution in [0.1, 0.15) is 63.3 Å². The fourth-order valence-electron chi connectivity index (χ4n) is 3.49. The largest absolute Gasteiger partial charge is 0.507 e. The fraction of sp³-hybridized carbons (Fsp3) is 0.391. The second-order valence-corrected chi connectivity index (χ2v) is 7.18. The smallest absolute Gasteiger partial charge is 0.122 e. The van der Waals surface area contributed by atoms with Gasteiger partial charge in [0.25, 0.3) is 0 Å². The lowest BCUT2D eigenvalue weighted by molar-refractivity contribution is 0.446. The van der Waals surface area contributed by atoms with Crippen LogP contribution in [-0.4, -0.2) is 10.2 Å². The lowest BCUT2D eigenvalue weighted by atomic mass is 9.81. The number of aromatic hydroxyl groups is 2. The predicted molar refractivity (Wildman–Crippen MR) is 106 cm³/mol. The molecule has 0 heterocycles. The molecule has 0 saturated heterocycles. The zero-order valence-electron chi connectivity index (χ0n) is 16.3. The maximum Gasteiger partial charge on any atom is 0.122 e. The third-order valence-corrected chi connectivity index (χ3v) is 5.72. The zero-order chi connectivity index (χ0) is 18.9. The third-order valence-electron chi connectivity index (χ3n) is 5.72. The molecular formula is C23H30O2. The summed E-state index contributed by atoms with van der Waals surface area (Å²) >= 11 is 0. The summed E-state index contributed by atoms with van der Waals surface area (Å²) in [5, 5.41) is 21.6. The van der Waals surface area contributed by atoms with Gasteiger partial charge in [0.15, 0.2) is 0 Å². The summed E-state index contributed by atoms with van der Waals surface area (Å²) in [6, 6.07) is 4.13. The van der Waals surface area contributed by atoms with Gasteiger partial charge in [0.05, 0.1) is 0 Å². The molecule has 2 aromatic carbocycles. The number of phenolic OH excluding ortho intramolecular Hbond substituents is 2. The van der Waals surface area contributed by atoms with Crippen molar-refractivity contribution in [2.45, 2.75) is 60.3 Å². The highest BCUT2D eigenvalue weighted by atomic mass is 16.3. The molecule has 0 fully saturated rings. The lowest BCUT2D eigenvalue weighted by Crippen LogP contribution is -2.06. The van der Waals surface area contributed by atoms with E-state index in [1.54, 1.807) is 0 Å². The molecule has 134 valence electrons.